The predicted molar refractivity (Wildman–Crippen MR) is 59.0 cm³/mol. The van der Waals surface area contributed by atoms with Gasteiger partial charge in [-0.25, -0.2) is 6.57 Å². The van der Waals surface area contributed by atoms with Crippen LogP contribution in [0, 0.1) is 6.57 Å². The van der Waals surface area contributed by atoms with E-state index in [9.17, 15) is 0 Å². The molecular formula is C12H13NO3. The lowest BCUT2D eigenvalue weighted by atomic mass is 10.1. The maximum atomic E-state index is 7.03. The van der Waals surface area contributed by atoms with Crippen molar-refractivity contribution in [3.63, 3.8) is 0 Å². The van der Waals surface area contributed by atoms with E-state index in [1.165, 1.54) is 0 Å². The van der Waals surface area contributed by atoms with Crippen molar-refractivity contribution < 1.29 is 14.2 Å². The molecule has 1 atom stereocenters. The van der Waals surface area contributed by atoms with Crippen LogP contribution in [0.5, 0.6) is 17.2 Å². The molecule has 16 heavy (non-hydrogen) atoms. The lowest BCUT2D eigenvalue weighted by molar-refractivity contribution is 0.165. The number of hydrogen-bond donors (Lipinski definition) is 0. The number of methoxy groups -OCH3 is 1. The van der Waals surface area contributed by atoms with Gasteiger partial charge in [-0.05, 0) is 12.1 Å². The molecule has 0 radical (unpaired) electrons. The van der Waals surface area contributed by atoms with E-state index in [1.54, 1.807) is 7.11 Å². The molecule has 0 aliphatic carbocycles. The minimum atomic E-state index is -0.204. The fourth-order valence-electron chi connectivity index (χ4n) is 1.61. The molecular weight excluding hydrogens is 206 g/mol. The minimum absolute atomic E-state index is 0.204. The van der Waals surface area contributed by atoms with Gasteiger partial charge >= 0.3 is 0 Å². The van der Waals surface area contributed by atoms with Crippen molar-refractivity contribution in [1.82, 2.24) is 0 Å². The Morgan fingerprint density at radius 2 is 2.12 bits per heavy atom. The van der Waals surface area contributed by atoms with Gasteiger partial charge in [-0.1, -0.05) is 0 Å². The summed E-state index contributed by atoms with van der Waals surface area (Å²) in [6.07, 6.45) is 0. The fraction of sp³-hybridized carbons (Fsp3) is 0.417. The maximum Gasteiger partial charge on any atom is 0.246 e. The third-order valence-electron chi connectivity index (χ3n) is 2.53. The van der Waals surface area contributed by atoms with Gasteiger partial charge in [0.1, 0.15) is 13.2 Å². The quantitative estimate of drug-likeness (QED) is 0.716. The second-order valence-electron chi connectivity index (χ2n) is 3.55. The van der Waals surface area contributed by atoms with E-state index in [0.29, 0.717) is 30.5 Å². The van der Waals surface area contributed by atoms with Crippen LogP contribution in [-0.2, 0) is 0 Å². The second-order valence-corrected chi connectivity index (χ2v) is 3.55. The highest BCUT2D eigenvalue weighted by molar-refractivity contribution is 5.55. The number of fused-ring (bicyclic) bond motifs is 1. The third-order valence-corrected chi connectivity index (χ3v) is 2.53. The van der Waals surface area contributed by atoms with Gasteiger partial charge in [0.25, 0.3) is 0 Å². The van der Waals surface area contributed by atoms with Crippen molar-refractivity contribution in [1.29, 1.82) is 0 Å². The Hall–Kier alpha value is -1.89. The number of nitrogens with zero attached hydrogens (tertiary/aromatic N) is 1. The number of ether oxygens (including phenoxy) is 3. The van der Waals surface area contributed by atoms with E-state index in [0.717, 1.165) is 5.56 Å². The molecule has 1 aliphatic heterocycles. The molecule has 0 bridgehead atoms. The van der Waals surface area contributed by atoms with Gasteiger partial charge in [-0.15, -0.1) is 0 Å². The number of rotatable bonds is 2. The van der Waals surface area contributed by atoms with Crippen molar-refractivity contribution in [2.24, 2.45) is 0 Å². The molecule has 0 aromatic heterocycles. The highest BCUT2D eigenvalue weighted by atomic mass is 16.6. The van der Waals surface area contributed by atoms with E-state index < -0.39 is 0 Å². The first-order valence-corrected chi connectivity index (χ1v) is 5.10. The van der Waals surface area contributed by atoms with Crippen LogP contribution in [-0.4, -0.2) is 20.3 Å². The largest absolute Gasteiger partial charge is 0.493 e. The van der Waals surface area contributed by atoms with Crippen LogP contribution in [0.4, 0.5) is 0 Å². The molecule has 1 unspecified atom stereocenters. The Morgan fingerprint density at radius 1 is 1.38 bits per heavy atom. The smallest absolute Gasteiger partial charge is 0.246 e. The SMILES string of the molecule is [C-]#[N+]C(C)c1cc(OC)c2c(c1)OCCO2. The summed E-state index contributed by atoms with van der Waals surface area (Å²) in [4.78, 5) is 3.48. The minimum Gasteiger partial charge on any atom is -0.493 e. The summed E-state index contributed by atoms with van der Waals surface area (Å²) in [5.41, 5.74) is 0.885. The van der Waals surface area contributed by atoms with Crippen LogP contribution in [0.1, 0.15) is 18.5 Å². The van der Waals surface area contributed by atoms with E-state index in [2.05, 4.69) is 4.85 Å². The standard InChI is InChI=1S/C12H13NO3/c1-8(13-2)9-6-10(14-3)12-11(7-9)15-4-5-16-12/h6-8H,4-5H2,1,3H3. The second kappa shape index (κ2) is 4.31. The van der Waals surface area contributed by atoms with Crippen LogP contribution in [0.25, 0.3) is 4.85 Å². The summed E-state index contributed by atoms with van der Waals surface area (Å²) in [5, 5.41) is 0. The number of hydrogen-bond acceptors (Lipinski definition) is 3. The molecule has 84 valence electrons. The summed E-state index contributed by atoms with van der Waals surface area (Å²) in [7, 11) is 1.58. The van der Waals surface area contributed by atoms with E-state index in [1.807, 2.05) is 19.1 Å². The van der Waals surface area contributed by atoms with Gasteiger partial charge in [0.05, 0.1) is 7.11 Å². The topological polar surface area (TPSA) is 32.0 Å². The van der Waals surface area contributed by atoms with Crippen LogP contribution in [0.3, 0.4) is 0 Å². The van der Waals surface area contributed by atoms with Gasteiger partial charge in [-0.3, -0.25) is 0 Å². The molecule has 2 rings (SSSR count). The molecule has 1 aromatic carbocycles. The van der Waals surface area contributed by atoms with E-state index in [-0.39, 0.29) is 6.04 Å². The van der Waals surface area contributed by atoms with Crippen LogP contribution in [0.15, 0.2) is 12.1 Å². The Morgan fingerprint density at radius 3 is 2.81 bits per heavy atom. The molecule has 0 spiro atoms. The van der Waals surface area contributed by atoms with E-state index in [4.69, 9.17) is 20.8 Å². The molecule has 4 heteroatoms. The molecule has 1 heterocycles. The molecule has 4 nitrogen and oxygen atoms in total. The zero-order chi connectivity index (χ0) is 11.5. The summed E-state index contributed by atoms with van der Waals surface area (Å²) in [5.74, 6) is 1.92. The molecule has 1 aliphatic rings. The first-order valence-electron chi connectivity index (χ1n) is 5.10. The molecule has 0 fully saturated rings. The fourth-order valence-corrected chi connectivity index (χ4v) is 1.61. The zero-order valence-corrected chi connectivity index (χ0v) is 9.32. The van der Waals surface area contributed by atoms with Gasteiger partial charge in [0.15, 0.2) is 11.5 Å². The maximum absolute atomic E-state index is 7.03. The molecule has 0 saturated carbocycles. The highest BCUT2D eigenvalue weighted by Gasteiger charge is 2.21. The summed E-state index contributed by atoms with van der Waals surface area (Å²) in [6, 6.07) is 3.47. The van der Waals surface area contributed by atoms with Gasteiger partial charge in [0, 0.05) is 12.5 Å². The summed E-state index contributed by atoms with van der Waals surface area (Å²) in [6.45, 7) is 9.93. The number of benzene rings is 1. The van der Waals surface area contributed by atoms with Crippen molar-refractivity contribution in [2.75, 3.05) is 20.3 Å². The normalized spacial score (nSPS) is 15.1. The average Bonchev–Trinajstić information content (AvgIpc) is 2.36. The van der Waals surface area contributed by atoms with Crippen LogP contribution in [0.2, 0.25) is 0 Å². The first-order chi connectivity index (χ1) is 7.76. The van der Waals surface area contributed by atoms with Gasteiger partial charge in [0.2, 0.25) is 11.8 Å². The monoisotopic (exact) mass is 219 g/mol. The molecule has 0 amide bonds. The van der Waals surface area contributed by atoms with Crippen LogP contribution >= 0.6 is 0 Å². The first kappa shape index (κ1) is 10.6. The Balaban J connectivity index is 2.48. The van der Waals surface area contributed by atoms with Crippen molar-refractivity contribution in [3.8, 4) is 17.2 Å². The van der Waals surface area contributed by atoms with Gasteiger partial charge in [-0.2, -0.15) is 0 Å². The molecule has 0 N–H and O–H groups in total. The Kier molecular flexibility index (Phi) is 2.86. The lowest BCUT2D eigenvalue weighted by Crippen LogP contribution is -2.16. The molecule has 1 aromatic rings. The Bertz CT molecular complexity index is 419. The lowest BCUT2D eigenvalue weighted by Gasteiger charge is -2.21. The molecule has 0 saturated heterocycles. The average molecular weight is 219 g/mol. The van der Waals surface area contributed by atoms with E-state index >= 15 is 0 Å². The zero-order valence-electron chi connectivity index (χ0n) is 9.32. The van der Waals surface area contributed by atoms with Crippen molar-refractivity contribution in [3.05, 3.63) is 29.1 Å². The van der Waals surface area contributed by atoms with Crippen molar-refractivity contribution >= 4 is 0 Å². The highest BCUT2D eigenvalue weighted by Crippen LogP contribution is 2.41. The third kappa shape index (κ3) is 1.76. The van der Waals surface area contributed by atoms with Crippen molar-refractivity contribution in [2.45, 2.75) is 13.0 Å². The van der Waals surface area contributed by atoms with Crippen LogP contribution < -0.4 is 14.2 Å². The summed E-state index contributed by atoms with van der Waals surface area (Å²) >= 11 is 0. The Labute approximate surface area is 94.6 Å². The summed E-state index contributed by atoms with van der Waals surface area (Å²) < 4.78 is 16.2. The van der Waals surface area contributed by atoms with Gasteiger partial charge < -0.3 is 19.1 Å². The predicted octanol–water partition coefficient (Wildman–Crippen LogP) is 2.45.